The molecule has 0 saturated carbocycles. The van der Waals surface area contributed by atoms with Crippen LogP contribution in [0, 0.1) is 0 Å². The van der Waals surface area contributed by atoms with E-state index in [4.69, 9.17) is 4.98 Å². The average molecular weight is 549 g/mol. The van der Waals surface area contributed by atoms with Gasteiger partial charge in [0.05, 0.1) is 27.6 Å². The number of pyridine rings is 1. The first-order valence-corrected chi connectivity index (χ1v) is 14.7. The Morgan fingerprint density at radius 3 is 1.67 bits per heavy atom. The highest BCUT2D eigenvalue weighted by molar-refractivity contribution is 6.31. The van der Waals surface area contributed by atoms with E-state index in [0.29, 0.717) is 0 Å². The van der Waals surface area contributed by atoms with E-state index in [1.165, 1.54) is 54.4 Å². The van der Waals surface area contributed by atoms with Crippen LogP contribution in [0.3, 0.4) is 0 Å². The fraction of sp³-hybridized carbons (Fsp3) is 0. The van der Waals surface area contributed by atoms with Crippen molar-refractivity contribution in [3.8, 4) is 11.4 Å². The minimum atomic E-state index is 0.984. The summed E-state index contributed by atoms with van der Waals surface area (Å²) in [5.74, 6) is 0. The van der Waals surface area contributed by atoms with Gasteiger partial charge in [0.25, 0.3) is 0 Å². The monoisotopic (exact) mass is 548 g/mol. The summed E-state index contributed by atoms with van der Waals surface area (Å²) in [6.45, 7) is 0. The summed E-state index contributed by atoms with van der Waals surface area (Å²) in [4.78, 5) is 4.76. The van der Waals surface area contributed by atoms with Crippen LogP contribution in [0.25, 0.3) is 82.3 Å². The maximum Gasteiger partial charge on any atom is 0.145 e. The molecule has 10 rings (SSSR count). The van der Waals surface area contributed by atoms with Crippen molar-refractivity contribution in [2.24, 2.45) is 0 Å². The van der Waals surface area contributed by atoms with Gasteiger partial charge in [0.2, 0.25) is 0 Å². The second kappa shape index (κ2) is 8.34. The Morgan fingerprint density at radius 2 is 0.953 bits per heavy atom. The van der Waals surface area contributed by atoms with E-state index in [2.05, 4.69) is 153 Å². The van der Waals surface area contributed by atoms with Crippen LogP contribution in [0.4, 0.5) is 0 Å². The minimum absolute atomic E-state index is 0.984. The summed E-state index contributed by atoms with van der Waals surface area (Å²) >= 11 is 0. The summed E-state index contributed by atoms with van der Waals surface area (Å²) in [7, 11) is 0. The zero-order valence-corrected chi connectivity index (χ0v) is 23.1. The lowest BCUT2D eigenvalue weighted by atomic mass is 10.0. The summed E-state index contributed by atoms with van der Waals surface area (Å²) in [6, 6.07) is 48.2. The molecule has 0 aliphatic rings. The van der Waals surface area contributed by atoms with Gasteiger partial charge in [-0.3, -0.25) is 4.40 Å². The van der Waals surface area contributed by atoms with Gasteiger partial charge in [-0.2, -0.15) is 0 Å². The molecule has 0 unspecified atom stereocenters. The van der Waals surface area contributed by atoms with E-state index >= 15 is 0 Å². The molecule has 6 aromatic carbocycles. The van der Waals surface area contributed by atoms with Gasteiger partial charge in [0, 0.05) is 56.1 Å². The van der Waals surface area contributed by atoms with Crippen molar-refractivity contribution in [3.05, 3.63) is 146 Å². The number of aromatic nitrogens is 4. The van der Waals surface area contributed by atoms with Gasteiger partial charge in [0.1, 0.15) is 5.65 Å². The third kappa shape index (κ3) is 2.92. The molecule has 0 aliphatic carbocycles. The zero-order valence-electron chi connectivity index (χ0n) is 23.1. The highest BCUT2D eigenvalue weighted by atomic mass is 15.0. The Kier molecular flexibility index (Phi) is 4.42. The van der Waals surface area contributed by atoms with Crippen LogP contribution in [0.5, 0.6) is 0 Å². The molecule has 0 fully saturated rings. The third-order valence-electron chi connectivity index (χ3n) is 9.07. The van der Waals surface area contributed by atoms with Crippen LogP contribution in [0.2, 0.25) is 0 Å². The van der Waals surface area contributed by atoms with Gasteiger partial charge in [-0.05, 0) is 47.9 Å². The molecule has 0 radical (unpaired) electrons. The van der Waals surface area contributed by atoms with Gasteiger partial charge in [0.15, 0.2) is 0 Å². The van der Waals surface area contributed by atoms with Gasteiger partial charge in [-0.1, -0.05) is 91.0 Å². The molecule has 10 aromatic rings. The van der Waals surface area contributed by atoms with Crippen LogP contribution in [-0.2, 0) is 0 Å². The van der Waals surface area contributed by atoms with Crippen LogP contribution in [-0.4, -0.2) is 18.5 Å². The Labute approximate surface area is 246 Å². The van der Waals surface area contributed by atoms with Gasteiger partial charge >= 0.3 is 0 Å². The molecule has 4 nitrogen and oxygen atoms in total. The molecule has 43 heavy (non-hydrogen) atoms. The lowest BCUT2D eigenvalue weighted by Gasteiger charge is -2.13. The summed E-state index contributed by atoms with van der Waals surface area (Å²) in [6.07, 6.45) is 3.98. The standard InChI is InChI=1S/C39H24N4/c1-3-11-25(12-4-1)42-32-18-10-9-17-31(32)36-34(42)22-20-29-28-19-21-33-35(37(28)43(38(29)36)26-13-5-2-6-14-26)27-15-7-8-16-30(27)39-40-23-24-41(33)39/h1-24H. The highest BCUT2D eigenvalue weighted by Crippen LogP contribution is 2.45. The number of fused-ring (bicyclic) bond motifs is 14. The largest absolute Gasteiger partial charge is 0.309 e. The van der Waals surface area contributed by atoms with Crippen molar-refractivity contribution >= 4 is 70.9 Å². The molecule has 0 aliphatic heterocycles. The zero-order chi connectivity index (χ0) is 28.1. The van der Waals surface area contributed by atoms with Crippen molar-refractivity contribution in [2.45, 2.75) is 0 Å². The number of rotatable bonds is 2. The van der Waals surface area contributed by atoms with E-state index in [1.54, 1.807) is 0 Å². The molecule has 4 heteroatoms. The number of para-hydroxylation sites is 3. The number of benzene rings is 6. The molecule has 0 amide bonds. The maximum atomic E-state index is 4.76. The fourth-order valence-electron chi connectivity index (χ4n) is 7.38. The van der Waals surface area contributed by atoms with Gasteiger partial charge in [-0.25, -0.2) is 4.98 Å². The van der Waals surface area contributed by atoms with E-state index in [-0.39, 0.29) is 0 Å². The fourth-order valence-corrected chi connectivity index (χ4v) is 7.38. The van der Waals surface area contributed by atoms with Crippen molar-refractivity contribution in [1.29, 1.82) is 0 Å². The molecule has 0 spiro atoms. The molecular formula is C39H24N4. The lowest BCUT2D eigenvalue weighted by molar-refractivity contribution is 1.17. The van der Waals surface area contributed by atoms with Gasteiger partial charge < -0.3 is 9.13 Å². The third-order valence-corrected chi connectivity index (χ3v) is 9.07. The first-order chi connectivity index (χ1) is 21.4. The van der Waals surface area contributed by atoms with E-state index in [9.17, 15) is 0 Å². The number of nitrogens with zero attached hydrogens (tertiary/aromatic N) is 4. The molecule has 0 saturated heterocycles. The molecule has 4 aromatic heterocycles. The topological polar surface area (TPSA) is 27.2 Å². The van der Waals surface area contributed by atoms with Crippen molar-refractivity contribution in [2.75, 3.05) is 0 Å². The van der Waals surface area contributed by atoms with Crippen molar-refractivity contribution in [1.82, 2.24) is 18.5 Å². The van der Waals surface area contributed by atoms with Crippen LogP contribution in [0.15, 0.2) is 146 Å². The summed E-state index contributed by atoms with van der Waals surface area (Å²) in [5.41, 5.74) is 9.30. The number of imidazole rings is 1. The molecule has 200 valence electrons. The number of hydrogen-bond acceptors (Lipinski definition) is 1. The Bertz CT molecular complexity index is 2710. The molecule has 0 bridgehead atoms. The summed E-state index contributed by atoms with van der Waals surface area (Å²) in [5, 5.41) is 8.61. The predicted molar refractivity (Wildman–Crippen MR) is 179 cm³/mol. The lowest BCUT2D eigenvalue weighted by Crippen LogP contribution is -1.97. The summed E-state index contributed by atoms with van der Waals surface area (Å²) < 4.78 is 7.15. The first kappa shape index (κ1) is 22.8. The Hall–Kier alpha value is -5.87. The average Bonchev–Trinajstić information content (AvgIpc) is 3.78. The van der Waals surface area contributed by atoms with Crippen LogP contribution in [0.1, 0.15) is 0 Å². The van der Waals surface area contributed by atoms with E-state index in [1.807, 2.05) is 6.20 Å². The highest BCUT2D eigenvalue weighted by Gasteiger charge is 2.23. The smallest absolute Gasteiger partial charge is 0.145 e. The predicted octanol–water partition coefficient (Wildman–Crippen LogP) is 9.83. The van der Waals surface area contributed by atoms with Gasteiger partial charge in [-0.15, -0.1) is 0 Å². The van der Waals surface area contributed by atoms with Crippen molar-refractivity contribution < 1.29 is 0 Å². The van der Waals surface area contributed by atoms with Crippen LogP contribution >= 0.6 is 0 Å². The minimum Gasteiger partial charge on any atom is -0.309 e. The molecule has 4 heterocycles. The normalized spacial score (nSPS) is 12.2. The Balaban J connectivity index is 1.53. The molecule has 0 N–H and O–H groups in total. The number of hydrogen-bond donors (Lipinski definition) is 0. The second-order valence-corrected chi connectivity index (χ2v) is 11.2. The maximum absolute atomic E-state index is 4.76. The quantitative estimate of drug-likeness (QED) is 0.198. The SMILES string of the molecule is c1ccc(-n2c3ccccc3c3c2ccc2c4ccc5c(c6ccccc6c6nccn56)c4n(-c4ccccc4)c23)cc1. The van der Waals surface area contributed by atoms with E-state index < -0.39 is 0 Å². The van der Waals surface area contributed by atoms with E-state index in [0.717, 1.165) is 27.9 Å². The second-order valence-electron chi connectivity index (χ2n) is 11.2. The molecular weight excluding hydrogens is 524 g/mol. The van der Waals surface area contributed by atoms with Crippen LogP contribution < -0.4 is 0 Å². The Morgan fingerprint density at radius 1 is 0.395 bits per heavy atom. The van der Waals surface area contributed by atoms with Crippen molar-refractivity contribution in [3.63, 3.8) is 0 Å². The first-order valence-electron chi connectivity index (χ1n) is 14.7. The molecule has 0 atom stereocenters.